The van der Waals surface area contributed by atoms with Crippen LogP contribution in [0.3, 0.4) is 0 Å². The van der Waals surface area contributed by atoms with Crippen LogP contribution in [-0.2, 0) is 33.3 Å². The second kappa shape index (κ2) is 14.3. The first kappa shape index (κ1) is 37.0. The maximum atomic E-state index is 12.2. The van der Waals surface area contributed by atoms with Gasteiger partial charge in [0, 0.05) is 31.1 Å². The normalized spacial score (nSPS) is 39.0. The van der Waals surface area contributed by atoms with E-state index >= 15 is 0 Å². The van der Waals surface area contributed by atoms with Gasteiger partial charge >= 0.3 is 11.9 Å². The van der Waals surface area contributed by atoms with Crippen molar-refractivity contribution < 1.29 is 53.7 Å². The van der Waals surface area contributed by atoms with E-state index in [4.69, 9.17) is 23.7 Å². The fourth-order valence-corrected chi connectivity index (χ4v) is 7.67. The molecule has 262 valence electrons. The molecule has 0 radical (unpaired) electrons. The third-order valence-corrected chi connectivity index (χ3v) is 11.0. The Morgan fingerprint density at radius 1 is 1.04 bits per heavy atom. The van der Waals surface area contributed by atoms with Crippen LogP contribution in [-0.4, -0.2) is 100 Å². The number of carbonyl (C=O) groups is 2. The van der Waals surface area contributed by atoms with E-state index in [9.17, 15) is 30.0 Å². The molecule has 1 heterocycles. The highest BCUT2D eigenvalue weighted by molar-refractivity contribution is 5.66. The summed E-state index contributed by atoms with van der Waals surface area (Å²) in [5.74, 6) is -1.39. The van der Waals surface area contributed by atoms with Gasteiger partial charge in [0.05, 0.1) is 31.0 Å². The highest BCUT2D eigenvalue weighted by atomic mass is 16.7. The summed E-state index contributed by atoms with van der Waals surface area (Å²) < 4.78 is 29.6. The van der Waals surface area contributed by atoms with Crippen molar-refractivity contribution in [2.75, 3.05) is 13.2 Å². The Bertz CT molecular complexity index is 1190. The summed E-state index contributed by atoms with van der Waals surface area (Å²) in [7, 11) is 0. The predicted octanol–water partition coefficient (Wildman–Crippen LogP) is 3.35. The maximum Gasteiger partial charge on any atom is 0.303 e. The van der Waals surface area contributed by atoms with Crippen LogP contribution in [0.15, 0.2) is 22.3 Å². The summed E-state index contributed by atoms with van der Waals surface area (Å²) >= 11 is 0. The van der Waals surface area contributed by atoms with Crippen LogP contribution < -0.4 is 0 Å². The van der Waals surface area contributed by atoms with E-state index < -0.39 is 72.0 Å². The standard InChI is InChI=1S/C35H56O11/c1-10-34(7,8)43-16-25-29(40)32(44-21(6)37)30(41)33(45-25)46-31-27-23(18(3)15-42-20(5)36)13-26(38)35(27,9)14-24-17(2)11-12-22(24)19(4)28(31)39/h17-19,25-26,28-33,38-41H,10-16H2,1-9H3/t17-,18+,19+,25+,26-,28+,29+,30+,31+,32-,33+,35-/m0/s1. The molecule has 4 aliphatic rings. The number of carbonyl (C=O) groups excluding carboxylic acids is 2. The van der Waals surface area contributed by atoms with Crippen LogP contribution in [0.1, 0.15) is 94.4 Å². The van der Waals surface area contributed by atoms with E-state index in [0.717, 1.165) is 24.0 Å². The van der Waals surface area contributed by atoms with Gasteiger partial charge in [-0.1, -0.05) is 51.3 Å². The average molecular weight is 653 g/mol. The van der Waals surface area contributed by atoms with Crippen LogP contribution in [0.2, 0.25) is 0 Å². The summed E-state index contributed by atoms with van der Waals surface area (Å²) in [4.78, 5) is 23.8. The summed E-state index contributed by atoms with van der Waals surface area (Å²) in [5.41, 5.74) is 2.59. The zero-order valence-corrected chi connectivity index (χ0v) is 28.9. The highest BCUT2D eigenvalue weighted by Crippen LogP contribution is 2.57. The maximum absolute atomic E-state index is 12.2. The topological polar surface area (TPSA) is 161 Å². The number of fused-ring (bicyclic) bond motifs is 1. The van der Waals surface area contributed by atoms with E-state index in [1.54, 1.807) is 0 Å². The smallest absolute Gasteiger partial charge is 0.303 e. The molecule has 0 bridgehead atoms. The SMILES string of the molecule is CCC(C)(C)OC[C@H]1O[C@H](O[C@@H]2C3=C([C@H](C)COC(C)=O)C[C@H](O)[C@]3(C)CC3=C(CC[C@@H]3C)[C@@H](C)[C@H]2O)[C@H](O)[C@@H](OC(C)=O)[C@@H]1O. The zero-order valence-electron chi connectivity index (χ0n) is 28.9. The molecule has 46 heavy (non-hydrogen) atoms. The number of aliphatic hydroxyl groups is 4. The van der Waals surface area contributed by atoms with Crippen molar-refractivity contribution in [2.24, 2.45) is 23.2 Å². The summed E-state index contributed by atoms with van der Waals surface area (Å²) in [5, 5.41) is 46.5. The van der Waals surface area contributed by atoms with Crippen LogP contribution >= 0.6 is 0 Å². The number of aliphatic hydroxyl groups excluding tert-OH is 4. The lowest BCUT2D eigenvalue weighted by Crippen LogP contribution is -2.62. The van der Waals surface area contributed by atoms with Gasteiger partial charge in [-0.25, -0.2) is 0 Å². The van der Waals surface area contributed by atoms with Gasteiger partial charge in [-0.3, -0.25) is 9.59 Å². The van der Waals surface area contributed by atoms with Crippen LogP contribution in [0, 0.1) is 23.2 Å². The first-order chi connectivity index (χ1) is 21.4. The monoisotopic (exact) mass is 652 g/mol. The zero-order chi connectivity index (χ0) is 34.3. The van der Waals surface area contributed by atoms with Crippen molar-refractivity contribution in [1.29, 1.82) is 0 Å². The van der Waals surface area contributed by atoms with E-state index in [0.29, 0.717) is 30.8 Å². The number of hydrogen-bond acceptors (Lipinski definition) is 11. The van der Waals surface area contributed by atoms with E-state index in [-0.39, 0.29) is 25.0 Å². The van der Waals surface area contributed by atoms with Gasteiger partial charge in [-0.05, 0) is 57.4 Å². The number of esters is 2. The van der Waals surface area contributed by atoms with Gasteiger partial charge in [0.2, 0.25) is 0 Å². The lowest BCUT2D eigenvalue weighted by atomic mass is 9.67. The molecular weight excluding hydrogens is 596 g/mol. The summed E-state index contributed by atoms with van der Waals surface area (Å²) in [6.45, 7) is 16.4. The van der Waals surface area contributed by atoms with E-state index in [1.807, 2.05) is 41.5 Å². The van der Waals surface area contributed by atoms with Crippen molar-refractivity contribution in [3.8, 4) is 0 Å². The second-order valence-electron chi connectivity index (χ2n) is 14.8. The molecule has 4 N–H and O–H groups in total. The molecule has 11 heteroatoms. The van der Waals surface area contributed by atoms with Crippen molar-refractivity contribution >= 4 is 11.9 Å². The second-order valence-corrected chi connectivity index (χ2v) is 14.8. The lowest BCUT2D eigenvalue weighted by Gasteiger charge is -2.47. The van der Waals surface area contributed by atoms with Crippen LogP contribution in [0.4, 0.5) is 0 Å². The molecule has 0 saturated carbocycles. The Morgan fingerprint density at radius 3 is 2.33 bits per heavy atom. The molecule has 4 rings (SSSR count). The Balaban J connectivity index is 1.79. The largest absolute Gasteiger partial charge is 0.465 e. The van der Waals surface area contributed by atoms with Gasteiger partial charge in [-0.2, -0.15) is 0 Å². The van der Waals surface area contributed by atoms with Crippen LogP contribution in [0.25, 0.3) is 0 Å². The molecule has 12 atom stereocenters. The molecule has 3 aliphatic carbocycles. The Labute approximate surface area is 273 Å². The Kier molecular flexibility index (Phi) is 11.5. The summed E-state index contributed by atoms with van der Waals surface area (Å²) in [6.07, 6.45) is -6.39. The minimum Gasteiger partial charge on any atom is -0.465 e. The average Bonchev–Trinajstić information content (AvgIpc) is 3.47. The summed E-state index contributed by atoms with van der Waals surface area (Å²) in [6, 6.07) is 0. The minimum absolute atomic E-state index is 0.0616. The van der Waals surface area contributed by atoms with Crippen LogP contribution in [0.5, 0.6) is 0 Å². The molecule has 1 fully saturated rings. The lowest BCUT2D eigenvalue weighted by molar-refractivity contribution is -0.320. The minimum atomic E-state index is -1.59. The first-order valence-corrected chi connectivity index (χ1v) is 16.8. The Morgan fingerprint density at radius 2 is 1.72 bits per heavy atom. The molecule has 1 saturated heterocycles. The molecule has 11 nitrogen and oxygen atoms in total. The molecular formula is C35H56O11. The first-order valence-electron chi connectivity index (χ1n) is 16.8. The molecule has 0 aromatic carbocycles. The quantitative estimate of drug-likeness (QED) is 0.202. The van der Waals surface area contributed by atoms with E-state index in [1.165, 1.54) is 19.4 Å². The van der Waals surface area contributed by atoms with Gasteiger partial charge < -0.3 is 44.1 Å². The molecule has 0 spiro atoms. The molecule has 1 aliphatic heterocycles. The number of ether oxygens (including phenoxy) is 5. The number of allylic oxidation sites excluding steroid dienone is 1. The van der Waals surface area contributed by atoms with Gasteiger partial charge in [0.1, 0.15) is 24.4 Å². The van der Waals surface area contributed by atoms with Crippen molar-refractivity contribution in [1.82, 2.24) is 0 Å². The van der Waals surface area contributed by atoms with Crippen molar-refractivity contribution in [2.45, 2.75) is 149 Å². The number of rotatable bonds is 10. The third-order valence-electron chi connectivity index (χ3n) is 11.0. The number of hydrogen-bond donors (Lipinski definition) is 4. The predicted molar refractivity (Wildman–Crippen MR) is 168 cm³/mol. The van der Waals surface area contributed by atoms with Gasteiger partial charge in [0.25, 0.3) is 0 Å². The van der Waals surface area contributed by atoms with Crippen molar-refractivity contribution in [3.63, 3.8) is 0 Å². The van der Waals surface area contributed by atoms with Gasteiger partial charge in [-0.15, -0.1) is 0 Å². The van der Waals surface area contributed by atoms with E-state index in [2.05, 4.69) is 6.92 Å². The molecule has 0 unspecified atom stereocenters. The molecule has 0 aromatic rings. The Hall–Kier alpha value is -1.86. The third kappa shape index (κ3) is 7.41. The molecule has 0 amide bonds. The fraction of sp³-hybridized carbons (Fsp3) is 0.829. The fourth-order valence-electron chi connectivity index (χ4n) is 7.67. The molecule has 0 aromatic heterocycles. The highest BCUT2D eigenvalue weighted by Gasteiger charge is 2.56. The van der Waals surface area contributed by atoms with Gasteiger partial charge in [0.15, 0.2) is 12.4 Å². The van der Waals surface area contributed by atoms with Crippen molar-refractivity contribution in [3.05, 3.63) is 22.3 Å².